The van der Waals surface area contributed by atoms with E-state index in [2.05, 4.69) is 15.9 Å². The predicted octanol–water partition coefficient (Wildman–Crippen LogP) is 2.27. The Bertz CT molecular complexity index is 512. The zero-order chi connectivity index (χ0) is 14.0. The van der Waals surface area contributed by atoms with Crippen LogP contribution in [0.3, 0.4) is 0 Å². The van der Waals surface area contributed by atoms with E-state index >= 15 is 0 Å². The molecule has 2 rings (SSSR count). The maximum Gasteiger partial charge on any atom is 0.255 e. The first-order chi connectivity index (χ1) is 9.06. The number of hydrogen-bond acceptors (Lipinski definition) is 2. The summed E-state index contributed by atoms with van der Waals surface area (Å²) in [7, 11) is 0. The minimum atomic E-state index is -0.0585. The summed E-state index contributed by atoms with van der Waals surface area (Å²) in [5.74, 6) is -0.0537. The van der Waals surface area contributed by atoms with Gasteiger partial charge in [0.2, 0.25) is 5.91 Å². The van der Waals surface area contributed by atoms with Crippen LogP contribution in [-0.4, -0.2) is 41.2 Å². The molecule has 0 radical (unpaired) electrons. The van der Waals surface area contributed by atoms with Crippen LogP contribution in [0.2, 0.25) is 0 Å². The van der Waals surface area contributed by atoms with Gasteiger partial charge in [0, 0.05) is 29.7 Å². The van der Waals surface area contributed by atoms with Gasteiger partial charge in [0.05, 0.1) is 0 Å². The summed E-state index contributed by atoms with van der Waals surface area (Å²) in [4.78, 5) is 27.6. The Morgan fingerprint density at radius 1 is 1.37 bits per heavy atom. The van der Waals surface area contributed by atoms with Crippen molar-refractivity contribution in [2.24, 2.45) is 0 Å². The topological polar surface area (TPSA) is 40.6 Å². The van der Waals surface area contributed by atoms with E-state index in [0.717, 1.165) is 10.0 Å². The normalized spacial score (nSPS) is 13.6. The highest BCUT2D eigenvalue weighted by Crippen LogP contribution is 2.25. The predicted molar refractivity (Wildman–Crippen MR) is 76.8 cm³/mol. The van der Waals surface area contributed by atoms with Crippen LogP contribution in [0, 0.1) is 0 Å². The second kappa shape index (κ2) is 5.74. The van der Waals surface area contributed by atoms with Crippen LogP contribution < -0.4 is 0 Å². The maximum absolute atomic E-state index is 12.2. The Hall–Kier alpha value is -1.36. The number of likely N-dealkylation sites (N-methyl/N-ethyl adjacent to an activating group) is 1. The molecule has 0 N–H and O–H groups in total. The summed E-state index contributed by atoms with van der Waals surface area (Å²) < 4.78 is 0.886. The van der Waals surface area contributed by atoms with E-state index in [0.29, 0.717) is 25.2 Å². The molecule has 4 nitrogen and oxygen atoms in total. The lowest BCUT2D eigenvalue weighted by atomic mass is 10.1. The summed E-state index contributed by atoms with van der Waals surface area (Å²) >= 11 is 3.36. The number of benzene rings is 1. The minimum Gasteiger partial charge on any atom is -0.342 e. The third-order valence-corrected chi connectivity index (χ3v) is 3.89. The van der Waals surface area contributed by atoms with Crippen LogP contribution in [0.4, 0.5) is 0 Å². The van der Waals surface area contributed by atoms with E-state index in [4.69, 9.17) is 0 Å². The number of hydrogen-bond donors (Lipinski definition) is 0. The van der Waals surface area contributed by atoms with Crippen molar-refractivity contribution >= 4 is 27.7 Å². The molecule has 0 saturated heterocycles. The molecule has 1 aromatic rings. The molecular weight excluding hydrogens is 308 g/mol. The first-order valence-electron chi connectivity index (χ1n) is 6.42. The molecule has 0 spiro atoms. The molecule has 0 saturated carbocycles. The van der Waals surface area contributed by atoms with Gasteiger partial charge < -0.3 is 9.80 Å². The molecule has 0 unspecified atom stereocenters. The summed E-state index contributed by atoms with van der Waals surface area (Å²) in [6.07, 6.45) is 0. The Balaban J connectivity index is 2.10. The van der Waals surface area contributed by atoms with Crippen molar-refractivity contribution in [2.75, 3.05) is 19.6 Å². The molecule has 0 atom stereocenters. The van der Waals surface area contributed by atoms with E-state index in [-0.39, 0.29) is 18.4 Å². The minimum absolute atomic E-state index is 0.00484. The Kier molecular flexibility index (Phi) is 4.24. The van der Waals surface area contributed by atoms with Gasteiger partial charge in [0.15, 0.2) is 0 Å². The lowest BCUT2D eigenvalue weighted by Crippen LogP contribution is -2.40. The average molecular weight is 325 g/mol. The van der Waals surface area contributed by atoms with Crippen molar-refractivity contribution in [1.82, 2.24) is 9.80 Å². The molecule has 5 heteroatoms. The van der Waals surface area contributed by atoms with Gasteiger partial charge in [0.1, 0.15) is 6.54 Å². The highest BCUT2D eigenvalue weighted by molar-refractivity contribution is 9.10. The Labute approximate surface area is 121 Å². The smallest absolute Gasteiger partial charge is 0.255 e. The number of rotatable bonds is 4. The molecule has 2 amide bonds. The van der Waals surface area contributed by atoms with Crippen molar-refractivity contribution in [2.45, 2.75) is 20.4 Å². The molecule has 1 aromatic carbocycles. The van der Waals surface area contributed by atoms with Crippen LogP contribution in [-0.2, 0) is 11.3 Å². The van der Waals surface area contributed by atoms with E-state index in [1.165, 1.54) is 0 Å². The molecule has 102 valence electrons. The molecule has 0 fully saturated rings. The van der Waals surface area contributed by atoms with E-state index in [1.807, 2.05) is 32.0 Å². The second-order valence-electron chi connectivity index (χ2n) is 4.53. The van der Waals surface area contributed by atoms with E-state index < -0.39 is 0 Å². The van der Waals surface area contributed by atoms with Crippen LogP contribution in [0.5, 0.6) is 0 Å². The summed E-state index contributed by atoms with van der Waals surface area (Å²) in [6.45, 7) is 5.92. The number of halogens is 1. The summed E-state index contributed by atoms with van der Waals surface area (Å²) in [6, 6.07) is 5.67. The zero-order valence-electron chi connectivity index (χ0n) is 11.1. The largest absolute Gasteiger partial charge is 0.342 e. The maximum atomic E-state index is 12.2. The van der Waals surface area contributed by atoms with Crippen LogP contribution in [0.25, 0.3) is 0 Å². The monoisotopic (exact) mass is 324 g/mol. The summed E-state index contributed by atoms with van der Waals surface area (Å²) in [5, 5.41) is 0. The quantitative estimate of drug-likeness (QED) is 0.852. The van der Waals surface area contributed by atoms with E-state index in [9.17, 15) is 9.59 Å². The number of fused-ring (bicyclic) bond motifs is 1. The highest BCUT2D eigenvalue weighted by Gasteiger charge is 2.29. The standard InChI is InChI=1S/C14H17BrN2O2/c1-3-16(4-2)13(18)9-17-8-10-5-6-11(15)7-12(10)14(17)19/h5-7H,3-4,8-9H2,1-2H3. The molecular formula is C14H17BrN2O2. The molecule has 1 aliphatic rings. The SMILES string of the molecule is CCN(CC)C(=O)CN1Cc2ccc(Br)cc2C1=O. The number of carbonyl (C=O) groups excluding carboxylic acids is 2. The molecule has 0 bridgehead atoms. The van der Waals surface area contributed by atoms with Gasteiger partial charge in [-0.2, -0.15) is 0 Å². The first-order valence-corrected chi connectivity index (χ1v) is 7.21. The highest BCUT2D eigenvalue weighted by atomic mass is 79.9. The fraction of sp³-hybridized carbons (Fsp3) is 0.429. The lowest BCUT2D eigenvalue weighted by Gasteiger charge is -2.22. The molecule has 0 aliphatic carbocycles. The van der Waals surface area contributed by atoms with Gasteiger partial charge >= 0.3 is 0 Å². The Morgan fingerprint density at radius 2 is 2.05 bits per heavy atom. The van der Waals surface area contributed by atoms with Gasteiger partial charge in [0.25, 0.3) is 5.91 Å². The molecule has 0 aromatic heterocycles. The fourth-order valence-electron chi connectivity index (χ4n) is 2.30. The van der Waals surface area contributed by atoms with Gasteiger partial charge in [-0.05, 0) is 31.5 Å². The van der Waals surface area contributed by atoms with Crippen molar-refractivity contribution in [3.05, 3.63) is 33.8 Å². The van der Waals surface area contributed by atoms with Crippen molar-refractivity contribution in [1.29, 1.82) is 0 Å². The summed E-state index contributed by atoms with van der Waals surface area (Å²) in [5.41, 5.74) is 1.68. The van der Waals surface area contributed by atoms with Gasteiger partial charge in [-0.3, -0.25) is 9.59 Å². The molecule has 19 heavy (non-hydrogen) atoms. The van der Waals surface area contributed by atoms with E-state index in [1.54, 1.807) is 9.80 Å². The number of amides is 2. The molecule has 1 heterocycles. The van der Waals surface area contributed by atoms with Gasteiger partial charge in [-0.1, -0.05) is 22.0 Å². The zero-order valence-corrected chi connectivity index (χ0v) is 12.7. The first kappa shape index (κ1) is 14.1. The van der Waals surface area contributed by atoms with Crippen LogP contribution >= 0.6 is 15.9 Å². The average Bonchev–Trinajstić information content (AvgIpc) is 2.68. The van der Waals surface area contributed by atoms with Crippen molar-refractivity contribution in [3.8, 4) is 0 Å². The third-order valence-electron chi connectivity index (χ3n) is 3.39. The van der Waals surface area contributed by atoms with Gasteiger partial charge in [-0.15, -0.1) is 0 Å². The van der Waals surface area contributed by atoms with Crippen molar-refractivity contribution in [3.63, 3.8) is 0 Å². The second-order valence-corrected chi connectivity index (χ2v) is 5.44. The third kappa shape index (κ3) is 2.81. The Morgan fingerprint density at radius 3 is 2.68 bits per heavy atom. The number of nitrogens with zero attached hydrogens (tertiary/aromatic N) is 2. The molecule has 1 aliphatic heterocycles. The number of carbonyl (C=O) groups is 2. The van der Waals surface area contributed by atoms with Crippen LogP contribution in [0.1, 0.15) is 29.8 Å². The fourth-order valence-corrected chi connectivity index (χ4v) is 2.66. The lowest BCUT2D eigenvalue weighted by molar-refractivity contribution is -0.131. The van der Waals surface area contributed by atoms with Crippen LogP contribution in [0.15, 0.2) is 22.7 Å². The van der Waals surface area contributed by atoms with Gasteiger partial charge in [-0.25, -0.2) is 0 Å². The van der Waals surface area contributed by atoms with Crippen molar-refractivity contribution < 1.29 is 9.59 Å².